The van der Waals surface area contributed by atoms with E-state index in [9.17, 15) is 10.2 Å². The molecule has 100 valence electrons. The van der Waals surface area contributed by atoms with E-state index in [0.717, 1.165) is 26.1 Å². The van der Waals surface area contributed by atoms with Crippen molar-refractivity contribution in [1.29, 1.82) is 0 Å². The Kier molecular flexibility index (Phi) is 4.44. The number of aliphatic hydroxyl groups excluding tert-OH is 1. The summed E-state index contributed by atoms with van der Waals surface area (Å²) in [7, 11) is 0. The molecule has 0 bridgehead atoms. The Morgan fingerprint density at radius 3 is 2.89 bits per heavy atom. The monoisotopic (exact) mass is 251 g/mol. The zero-order chi connectivity index (χ0) is 13.0. The largest absolute Gasteiger partial charge is 0.504 e. The molecular weight excluding hydrogens is 230 g/mol. The number of ether oxygens (including phenoxy) is 1. The minimum atomic E-state index is -0.471. The normalized spacial score (nSPS) is 22.0. The fourth-order valence-corrected chi connectivity index (χ4v) is 2.35. The first-order chi connectivity index (χ1) is 8.70. The third-order valence-electron chi connectivity index (χ3n) is 3.58. The molecule has 18 heavy (non-hydrogen) atoms. The van der Waals surface area contributed by atoms with Crippen LogP contribution in [-0.2, 0) is 0 Å². The smallest absolute Gasteiger partial charge is 0.161 e. The molecule has 0 aliphatic carbocycles. The number of benzene rings is 1. The molecule has 2 rings (SSSR count). The quantitative estimate of drug-likeness (QED) is 0.832. The van der Waals surface area contributed by atoms with Crippen LogP contribution >= 0.6 is 0 Å². The van der Waals surface area contributed by atoms with Gasteiger partial charge in [-0.2, -0.15) is 0 Å². The lowest BCUT2D eigenvalue weighted by atomic mass is 10.0. The summed E-state index contributed by atoms with van der Waals surface area (Å²) < 4.78 is 5.46. The molecule has 2 N–H and O–H groups in total. The van der Waals surface area contributed by atoms with Crippen molar-refractivity contribution in [3.05, 3.63) is 24.3 Å². The van der Waals surface area contributed by atoms with E-state index in [1.807, 2.05) is 0 Å². The molecule has 1 aromatic carbocycles. The Hall–Kier alpha value is -1.26. The van der Waals surface area contributed by atoms with E-state index < -0.39 is 6.10 Å². The van der Waals surface area contributed by atoms with Crippen LogP contribution < -0.4 is 4.74 Å². The molecule has 2 unspecified atom stereocenters. The van der Waals surface area contributed by atoms with Crippen molar-refractivity contribution < 1.29 is 14.9 Å². The number of phenolic OH excluding ortho intramolecular Hbond substituents is 1. The van der Waals surface area contributed by atoms with E-state index in [1.165, 1.54) is 0 Å². The van der Waals surface area contributed by atoms with Crippen LogP contribution in [0.15, 0.2) is 24.3 Å². The van der Waals surface area contributed by atoms with E-state index >= 15 is 0 Å². The molecule has 0 spiro atoms. The number of hydrogen-bond acceptors (Lipinski definition) is 4. The first-order valence-corrected chi connectivity index (χ1v) is 6.52. The highest BCUT2D eigenvalue weighted by molar-refractivity contribution is 5.37. The summed E-state index contributed by atoms with van der Waals surface area (Å²) in [5, 5.41) is 19.6. The van der Waals surface area contributed by atoms with Crippen molar-refractivity contribution in [3.8, 4) is 11.5 Å². The maximum absolute atomic E-state index is 10.1. The molecule has 1 fully saturated rings. The standard InChI is InChI=1S/C14H21NO3/c1-2-15-8-7-11(9-15)13(17)10-18-14-6-4-3-5-12(14)16/h3-6,11,13,16-17H,2,7-10H2,1H3. The van der Waals surface area contributed by atoms with Crippen LogP contribution in [0.2, 0.25) is 0 Å². The van der Waals surface area contributed by atoms with Crippen LogP contribution in [0.1, 0.15) is 13.3 Å². The highest BCUT2D eigenvalue weighted by atomic mass is 16.5. The highest BCUT2D eigenvalue weighted by Gasteiger charge is 2.27. The van der Waals surface area contributed by atoms with Crippen molar-refractivity contribution in [2.75, 3.05) is 26.2 Å². The van der Waals surface area contributed by atoms with Gasteiger partial charge in [0.2, 0.25) is 0 Å². The second-order valence-corrected chi connectivity index (χ2v) is 4.79. The van der Waals surface area contributed by atoms with Gasteiger partial charge in [-0.15, -0.1) is 0 Å². The molecule has 1 aromatic rings. The fourth-order valence-electron chi connectivity index (χ4n) is 2.35. The fraction of sp³-hybridized carbons (Fsp3) is 0.571. The van der Waals surface area contributed by atoms with Crippen molar-refractivity contribution >= 4 is 0 Å². The third kappa shape index (κ3) is 3.15. The van der Waals surface area contributed by atoms with Crippen LogP contribution in [0.25, 0.3) is 0 Å². The molecule has 4 heteroatoms. The molecule has 1 aliphatic heterocycles. The van der Waals surface area contributed by atoms with Gasteiger partial charge in [-0.05, 0) is 31.6 Å². The summed E-state index contributed by atoms with van der Waals surface area (Å²) in [5.74, 6) is 0.823. The van der Waals surface area contributed by atoms with E-state index in [2.05, 4.69) is 11.8 Å². The number of rotatable bonds is 5. The topological polar surface area (TPSA) is 52.9 Å². The van der Waals surface area contributed by atoms with Gasteiger partial charge < -0.3 is 19.8 Å². The molecule has 1 aliphatic rings. The average molecular weight is 251 g/mol. The Morgan fingerprint density at radius 1 is 1.44 bits per heavy atom. The van der Waals surface area contributed by atoms with Gasteiger partial charge in [0.25, 0.3) is 0 Å². The van der Waals surface area contributed by atoms with Crippen LogP contribution in [0.4, 0.5) is 0 Å². The minimum Gasteiger partial charge on any atom is -0.504 e. The maximum Gasteiger partial charge on any atom is 0.161 e. The van der Waals surface area contributed by atoms with Gasteiger partial charge in [0, 0.05) is 12.5 Å². The lowest BCUT2D eigenvalue weighted by Crippen LogP contribution is -2.30. The first-order valence-electron chi connectivity index (χ1n) is 6.52. The summed E-state index contributed by atoms with van der Waals surface area (Å²) >= 11 is 0. The molecule has 0 saturated carbocycles. The minimum absolute atomic E-state index is 0.117. The van der Waals surface area contributed by atoms with Gasteiger partial charge in [-0.25, -0.2) is 0 Å². The summed E-state index contributed by atoms with van der Waals surface area (Å²) in [6.45, 7) is 5.38. The molecule has 1 saturated heterocycles. The number of para-hydroxylation sites is 2. The second kappa shape index (κ2) is 6.07. The van der Waals surface area contributed by atoms with Gasteiger partial charge in [-0.3, -0.25) is 0 Å². The maximum atomic E-state index is 10.1. The van der Waals surface area contributed by atoms with Crippen LogP contribution in [0, 0.1) is 5.92 Å². The van der Waals surface area contributed by atoms with Gasteiger partial charge in [0.05, 0.1) is 6.10 Å². The lowest BCUT2D eigenvalue weighted by molar-refractivity contribution is 0.0590. The van der Waals surface area contributed by atoms with Gasteiger partial charge in [0.15, 0.2) is 11.5 Å². The molecule has 0 radical (unpaired) electrons. The van der Waals surface area contributed by atoms with Crippen LogP contribution in [0.5, 0.6) is 11.5 Å². The molecular formula is C14H21NO3. The first kappa shape index (κ1) is 13.2. The summed E-state index contributed by atoms with van der Waals surface area (Å²) in [4.78, 5) is 2.33. The Balaban J connectivity index is 1.82. The number of nitrogens with zero attached hydrogens (tertiary/aromatic N) is 1. The number of aromatic hydroxyl groups is 1. The molecule has 0 aromatic heterocycles. The average Bonchev–Trinajstić information content (AvgIpc) is 2.86. The third-order valence-corrected chi connectivity index (χ3v) is 3.58. The number of aliphatic hydroxyl groups is 1. The Bertz CT molecular complexity index is 383. The highest BCUT2D eigenvalue weighted by Crippen LogP contribution is 2.26. The molecule has 2 atom stereocenters. The zero-order valence-corrected chi connectivity index (χ0v) is 10.7. The molecule has 1 heterocycles. The van der Waals surface area contributed by atoms with Gasteiger partial charge >= 0.3 is 0 Å². The molecule has 4 nitrogen and oxygen atoms in total. The van der Waals surface area contributed by atoms with Crippen LogP contribution in [0.3, 0.4) is 0 Å². The zero-order valence-electron chi connectivity index (χ0n) is 10.7. The predicted molar refractivity (Wildman–Crippen MR) is 69.8 cm³/mol. The predicted octanol–water partition coefficient (Wildman–Crippen LogP) is 1.47. The van der Waals surface area contributed by atoms with Crippen molar-refractivity contribution in [2.24, 2.45) is 5.92 Å². The van der Waals surface area contributed by atoms with Gasteiger partial charge in [-0.1, -0.05) is 19.1 Å². The number of hydrogen-bond donors (Lipinski definition) is 2. The Labute approximate surface area is 108 Å². The second-order valence-electron chi connectivity index (χ2n) is 4.79. The van der Waals surface area contributed by atoms with Gasteiger partial charge in [0.1, 0.15) is 6.61 Å². The summed E-state index contributed by atoms with van der Waals surface area (Å²) in [6, 6.07) is 6.83. The molecule has 0 amide bonds. The van der Waals surface area contributed by atoms with E-state index in [-0.39, 0.29) is 18.3 Å². The van der Waals surface area contributed by atoms with E-state index in [1.54, 1.807) is 24.3 Å². The van der Waals surface area contributed by atoms with Crippen molar-refractivity contribution in [1.82, 2.24) is 4.90 Å². The number of likely N-dealkylation sites (tertiary alicyclic amines) is 1. The SMILES string of the molecule is CCN1CCC(C(O)COc2ccccc2O)C1. The van der Waals surface area contributed by atoms with E-state index in [0.29, 0.717) is 5.75 Å². The number of phenols is 1. The van der Waals surface area contributed by atoms with Crippen molar-refractivity contribution in [2.45, 2.75) is 19.4 Å². The lowest BCUT2D eigenvalue weighted by Gasteiger charge is -2.19. The Morgan fingerprint density at radius 2 is 2.22 bits per heavy atom. The van der Waals surface area contributed by atoms with Crippen LogP contribution in [-0.4, -0.2) is 47.5 Å². The van der Waals surface area contributed by atoms with Crippen molar-refractivity contribution in [3.63, 3.8) is 0 Å². The summed E-state index contributed by atoms with van der Waals surface area (Å²) in [5.41, 5.74) is 0. The summed E-state index contributed by atoms with van der Waals surface area (Å²) in [6.07, 6.45) is 0.542. The van der Waals surface area contributed by atoms with E-state index in [4.69, 9.17) is 4.74 Å².